The van der Waals surface area contributed by atoms with Crippen LogP contribution in [-0.4, -0.2) is 41.7 Å². The molecule has 2 rings (SSSR count). The van der Waals surface area contributed by atoms with E-state index in [2.05, 4.69) is 5.32 Å². The highest BCUT2D eigenvalue weighted by Crippen LogP contribution is 2.25. The van der Waals surface area contributed by atoms with Gasteiger partial charge in [0.1, 0.15) is 6.54 Å². The molecule has 34 heavy (non-hydrogen) atoms. The van der Waals surface area contributed by atoms with Gasteiger partial charge in [0.05, 0.1) is 12.2 Å². The Balaban J connectivity index is 2.26. The van der Waals surface area contributed by atoms with E-state index in [9.17, 15) is 27.6 Å². The number of rotatable bonds is 8. The molecule has 0 saturated heterocycles. The lowest BCUT2D eigenvalue weighted by Gasteiger charge is -2.11. The number of carbonyl (C=O) groups is 3. The first kappa shape index (κ1) is 26.7. The summed E-state index contributed by atoms with van der Waals surface area (Å²) >= 11 is 0. The van der Waals surface area contributed by atoms with Crippen LogP contribution in [0.4, 0.5) is 18.9 Å². The number of hydrogen-bond acceptors (Lipinski definition) is 4. The third-order valence-electron chi connectivity index (χ3n) is 5.23. The van der Waals surface area contributed by atoms with Gasteiger partial charge >= 0.3 is 12.1 Å². The lowest BCUT2D eigenvalue weighted by molar-refractivity contribution is -0.123. The number of ether oxygens (including phenoxy) is 1. The molecule has 0 spiro atoms. The van der Waals surface area contributed by atoms with Crippen molar-refractivity contribution in [2.24, 2.45) is 0 Å². The van der Waals surface area contributed by atoms with E-state index in [1.54, 1.807) is 26.1 Å². The SMILES string of the molecule is CCOC(=O)c1c(/C=C/C(=O)Nc2cc(C(=O)NCC(F)(F)F)ccc2C)c(C)n(CC)c1C. The van der Waals surface area contributed by atoms with Crippen molar-refractivity contribution in [3.05, 3.63) is 57.9 Å². The predicted molar refractivity (Wildman–Crippen MR) is 123 cm³/mol. The van der Waals surface area contributed by atoms with Crippen LogP contribution in [0.3, 0.4) is 0 Å². The van der Waals surface area contributed by atoms with Gasteiger partial charge in [-0.25, -0.2) is 4.79 Å². The van der Waals surface area contributed by atoms with Gasteiger partial charge in [-0.05, 0) is 58.4 Å². The van der Waals surface area contributed by atoms with Crippen molar-refractivity contribution in [1.82, 2.24) is 9.88 Å². The van der Waals surface area contributed by atoms with Crippen molar-refractivity contribution in [2.45, 2.75) is 47.3 Å². The number of aryl methyl sites for hydroxylation is 1. The first-order valence-corrected chi connectivity index (χ1v) is 10.7. The van der Waals surface area contributed by atoms with Gasteiger partial charge in [-0.15, -0.1) is 0 Å². The molecule has 1 aromatic heterocycles. The van der Waals surface area contributed by atoms with Crippen molar-refractivity contribution in [3.63, 3.8) is 0 Å². The highest BCUT2D eigenvalue weighted by molar-refractivity contribution is 6.05. The Labute approximate surface area is 196 Å². The minimum absolute atomic E-state index is 0.0229. The number of nitrogens with one attached hydrogen (secondary N) is 2. The van der Waals surface area contributed by atoms with E-state index < -0.39 is 30.5 Å². The van der Waals surface area contributed by atoms with Crippen molar-refractivity contribution < 1.29 is 32.3 Å². The largest absolute Gasteiger partial charge is 0.462 e. The summed E-state index contributed by atoms with van der Waals surface area (Å²) in [7, 11) is 0. The van der Waals surface area contributed by atoms with E-state index in [0.717, 1.165) is 11.4 Å². The molecule has 2 amide bonds. The van der Waals surface area contributed by atoms with Gasteiger partial charge in [-0.1, -0.05) is 6.07 Å². The Hall–Kier alpha value is -3.56. The van der Waals surface area contributed by atoms with E-state index in [1.807, 2.05) is 18.4 Å². The summed E-state index contributed by atoms with van der Waals surface area (Å²) in [5, 5.41) is 4.42. The number of alkyl halides is 3. The van der Waals surface area contributed by atoms with E-state index in [4.69, 9.17) is 4.74 Å². The minimum Gasteiger partial charge on any atom is -0.462 e. The number of halogens is 3. The van der Waals surface area contributed by atoms with Gasteiger partial charge in [0.2, 0.25) is 5.91 Å². The Morgan fingerprint density at radius 2 is 1.76 bits per heavy atom. The Morgan fingerprint density at radius 3 is 2.35 bits per heavy atom. The summed E-state index contributed by atoms with van der Waals surface area (Å²) < 4.78 is 44.2. The third-order valence-corrected chi connectivity index (χ3v) is 5.23. The number of hydrogen-bond donors (Lipinski definition) is 2. The quantitative estimate of drug-likeness (QED) is 0.429. The fraction of sp³-hybridized carbons (Fsp3) is 0.375. The van der Waals surface area contributed by atoms with E-state index >= 15 is 0 Å². The number of aromatic nitrogens is 1. The summed E-state index contributed by atoms with van der Waals surface area (Å²) in [6.07, 6.45) is -1.76. The summed E-state index contributed by atoms with van der Waals surface area (Å²) in [6.45, 7) is 8.36. The van der Waals surface area contributed by atoms with Crippen LogP contribution in [-0.2, 0) is 16.1 Å². The van der Waals surface area contributed by atoms with Crippen molar-refractivity contribution >= 4 is 29.5 Å². The third kappa shape index (κ3) is 6.49. The zero-order valence-electron chi connectivity index (χ0n) is 19.7. The molecule has 2 N–H and O–H groups in total. The highest BCUT2D eigenvalue weighted by Gasteiger charge is 2.28. The fourth-order valence-electron chi connectivity index (χ4n) is 3.56. The molecule has 10 heteroatoms. The number of benzene rings is 1. The van der Waals surface area contributed by atoms with Crippen LogP contribution in [0.15, 0.2) is 24.3 Å². The van der Waals surface area contributed by atoms with Crippen LogP contribution in [0.25, 0.3) is 6.08 Å². The molecule has 1 aromatic carbocycles. The average Bonchev–Trinajstić information content (AvgIpc) is 3.00. The molecular formula is C24H28F3N3O4. The van der Waals surface area contributed by atoms with Crippen molar-refractivity contribution in [1.29, 1.82) is 0 Å². The van der Waals surface area contributed by atoms with Gasteiger partial charge in [-0.2, -0.15) is 13.2 Å². The maximum atomic E-state index is 12.6. The molecule has 2 aromatic rings. The van der Waals surface area contributed by atoms with E-state index in [-0.39, 0.29) is 17.9 Å². The Morgan fingerprint density at radius 1 is 1.09 bits per heavy atom. The van der Waals surface area contributed by atoms with E-state index in [1.165, 1.54) is 30.4 Å². The maximum Gasteiger partial charge on any atom is 0.405 e. The molecule has 0 saturated carbocycles. The predicted octanol–water partition coefficient (Wildman–Crippen LogP) is 4.55. The topological polar surface area (TPSA) is 89.4 Å². The van der Waals surface area contributed by atoms with Gasteiger partial charge < -0.3 is 19.9 Å². The molecule has 0 fully saturated rings. The van der Waals surface area contributed by atoms with Crippen molar-refractivity contribution in [3.8, 4) is 0 Å². The zero-order chi connectivity index (χ0) is 25.6. The van der Waals surface area contributed by atoms with Crippen LogP contribution in [0.1, 0.15) is 57.1 Å². The van der Waals surface area contributed by atoms with Gasteiger partial charge in [0, 0.05) is 40.8 Å². The van der Waals surface area contributed by atoms with Gasteiger partial charge in [0.25, 0.3) is 5.91 Å². The minimum atomic E-state index is -4.53. The normalized spacial score (nSPS) is 11.5. The summed E-state index contributed by atoms with van der Waals surface area (Å²) in [5.41, 5.74) is 3.34. The molecule has 1 heterocycles. The average molecular weight is 479 g/mol. The molecule has 7 nitrogen and oxygen atoms in total. The summed E-state index contributed by atoms with van der Waals surface area (Å²) in [4.78, 5) is 37.1. The molecule has 0 bridgehead atoms. The second-order valence-corrected chi connectivity index (χ2v) is 7.57. The van der Waals surface area contributed by atoms with E-state index in [0.29, 0.717) is 23.2 Å². The molecule has 0 radical (unpaired) electrons. The molecule has 184 valence electrons. The lowest BCUT2D eigenvalue weighted by Crippen LogP contribution is -2.33. The smallest absolute Gasteiger partial charge is 0.405 e. The highest BCUT2D eigenvalue weighted by atomic mass is 19.4. The number of anilines is 1. The number of amides is 2. The van der Waals surface area contributed by atoms with Gasteiger partial charge in [-0.3, -0.25) is 9.59 Å². The fourth-order valence-corrected chi connectivity index (χ4v) is 3.56. The Kier molecular flexibility index (Phi) is 8.67. The number of nitrogens with zero attached hydrogens (tertiary/aromatic N) is 1. The standard InChI is InChI=1S/C24H28F3N3O4/c1-6-30-15(4)18(21(16(30)5)23(33)34-7-2)10-11-20(31)29-19-12-17(9-8-14(19)3)22(32)28-13-24(25,26)27/h8-12H,6-7,13H2,1-5H3,(H,28,32)(H,29,31)/b11-10+. The van der Waals surface area contributed by atoms with Crippen LogP contribution in [0.2, 0.25) is 0 Å². The maximum absolute atomic E-state index is 12.6. The molecular weight excluding hydrogens is 451 g/mol. The van der Waals surface area contributed by atoms with Crippen molar-refractivity contribution in [2.75, 3.05) is 18.5 Å². The monoisotopic (exact) mass is 479 g/mol. The first-order valence-electron chi connectivity index (χ1n) is 10.7. The van der Waals surface area contributed by atoms with Crippen LogP contribution >= 0.6 is 0 Å². The molecule has 0 unspecified atom stereocenters. The second-order valence-electron chi connectivity index (χ2n) is 7.57. The summed E-state index contributed by atoms with van der Waals surface area (Å²) in [6, 6.07) is 4.20. The molecule has 0 aliphatic rings. The summed E-state index contributed by atoms with van der Waals surface area (Å²) in [5.74, 6) is -1.93. The lowest BCUT2D eigenvalue weighted by atomic mass is 10.1. The van der Waals surface area contributed by atoms with Crippen LogP contribution in [0, 0.1) is 20.8 Å². The van der Waals surface area contributed by atoms with Gasteiger partial charge in [0.15, 0.2) is 0 Å². The Bertz CT molecular complexity index is 1120. The first-order chi connectivity index (χ1) is 15.9. The molecule has 0 atom stereocenters. The molecule has 0 aliphatic heterocycles. The van der Waals surface area contributed by atoms with Crippen LogP contribution in [0.5, 0.6) is 0 Å². The van der Waals surface area contributed by atoms with Crippen LogP contribution < -0.4 is 10.6 Å². The second kappa shape index (κ2) is 11.0. The number of esters is 1. The zero-order valence-corrected chi connectivity index (χ0v) is 19.7. The molecule has 0 aliphatic carbocycles. The number of carbonyl (C=O) groups excluding carboxylic acids is 3.